The number of ether oxygens (including phenoxy) is 1. The Hall–Kier alpha value is -0.910. The van der Waals surface area contributed by atoms with Crippen molar-refractivity contribution in [2.45, 2.75) is 103 Å². The average molecular weight is 399 g/mol. The second kappa shape index (κ2) is 11.9. The van der Waals surface area contributed by atoms with Crippen molar-refractivity contribution >= 4 is 5.97 Å². The molecule has 0 saturated heterocycles. The topological polar surface area (TPSA) is 87.0 Å². The van der Waals surface area contributed by atoms with Crippen LogP contribution in [0, 0.1) is 17.3 Å². The molecule has 0 aromatic rings. The first-order chi connectivity index (χ1) is 13.1. The Bertz CT molecular complexity index is 487. The van der Waals surface area contributed by atoms with E-state index < -0.39 is 11.8 Å². The maximum atomic E-state index is 11.0. The molecule has 1 rings (SSSR count). The van der Waals surface area contributed by atoms with Gasteiger partial charge in [0.25, 0.3) is 5.79 Å². The first kappa shape index (κ1) is 25.1. The van der Waals surface area contributed by atoms with Crippen LogP contribution in [0.3, 0.4) is 0 Å². The summed E-state index contributed by atoms with van der Waals surface area (Å²) in [5, 5.41) is 29.2. The van der Waals surface area contributed by atoms with Gasteiger partial charge in [0.05, 0.1) is 6.10 Å². The molecule has 0 heterocycles. The molecule has 28 heavy (non-hydrogen) atoms. The van der Waals surface area contributed by atoms with E-state index in [0.29, 0.717) is 17.8 Å². The number of carboxylic acid groups (broad SMARTS) is 1. The number of aliphatic hydroxyl groups excluding tert-OH is 1. The van der Waals surface area contributed by atoms with Crippen molar-refractivity contribution in [1.29, 1.82) is 0 Å². The fourth-order valence-corrected chi connectivity index (χ4v) is 4.26. The highest BCUT2D eigenvalue weighted by atomic mass is 16.6. The maximum Gasteiger partial charge on any atom is 0.364 e. The minimum Gasteiger partial charge on any atom is -0.477 e. The molecule has 0 aliphatic heterocycles. The first-order valence-corrected chi connectivity index (χ1v) is 11.0. The molecule has 1 fully saturated rings. The Morgan fingerprint density at radius 3 is 2.46 bits per heavy atom. The summed E-state index contributed by atoms with van der Waals surface area (Å²) in [6.07, 6.45) is 14.5. The third-order valence-corrected chi connectivity index (χ3v) is 6.33. The van der Waals surface area contributed by atoms with Gasteiger partial charge in [-0.25, -0.2) is 4.79 Å². The molecule has 1 aliphatic rings. The summed E-state index contributed by atoms with van der Waals surface area (Å²) in [6, 6.07) is 0. The molecule has 0 amide bonds. The Kier molecular flexibility index (Phi) is 10.7. The highest BCUT2D eigenvalue weighted by Gasteiger charge is 2.36. The van der Waals surface area contributed by atoms with Crippen LogP contribution >= 0.6 is 0 Å². The standard InChI is InChI=1S/C23H42O5/c1-5-6-15-22(2,3)16-10-11-18-13-14-20(24)19(18)12-8-7-9-17-23(27,28-4)21(25)26/h10-11,18-20,24,27H,5-9,12-17H2,1-4H3,(H,25,26)/t18-,19+,20-,23?/m0/s1. The van der Waals surface area contributed by atoms with Crippen LogP contribution in [0.25, 0.3) is 0 Å². The third kappa shape index (κ3) is 8.22. The Morgan fingerprint density at radius 2 is 1.86 bits per heavy atom. The molecule has 1 saturated carbocycles. The van der Waals surface area contributed by atoms with Gasteiger partial charge in [-0.1, -0.05) is 58.6 Å². The van der Waals surface area contributed by atoms with E-state index in [1.165, 1.54) is 26.4 Å². The molecule has 4 atom stereocenters. The number of hydrogen-bond acceptors (Lipinski definition) is 4. The van der Waals surface area contributed by atoms with Crippen molar-refractivity contribution in [3.63, 3.8) is 0 Å². The first-order valence-electron chi connectivity index (χ1n) is 11.0. The third-order valence-electron chi connectivity index (χ3n) is 6.33. The average Bonchev–Trinajstić information content (AvgIpc) is 2.99. The van der Waals surface area contributed by atoms with Crippen LogP contribution in [0.2, 0.25) is 0 Å². The van der Waals surface area contributed by atoms with Crippen molar-refractivity contribution in [3.05, 3.63) is 12.2 Å². The zero-order chi connectivity index (χ0) is 21.2. The second-order valence-electron chi connectivity index (χ2n) is 9.27. The molecular weight excluding hydrogens is 356 g/mol. The van der Waals surface area contributed by atoms with Gasteiger partial charge in [0.1, 0.15) is 0 Å². The Labute approximate surface area is 171 Å². The summed E-state index contributed by atoms with van der Waals surface area (Å²) < 4.78 is 4.72. The Morgan fingerprint density at radius 1 is 1.14 bits per heavy atom. The van der Waals surface area contributed by atoms with E-state index in [1.807, 2.05) is 0 Å². The summed E-state index contributed by atoms with van der Waals surface area (Å²) >= 11 is 0. The van der Waals surface area contributed by atoms with Crippen LogP contribution in [0.4, 0.5) is 0 Å². The van der Waals surface area contributed by atoms with Crippen molar-refractivity contribution in [3.8, 4) is 0 Å². The number of carboxylic acids is 1. The van der Waals surface area contributed by atoms with E-state index in [0.717, 1.165) is 38.5 Å². The van der Waals surface area contributed by atoms with E-state index in [2.05, 4.69) is 32.9 Å². The number of rotatable bonds is 14. The summed E-state index contributed by atoms with van der Waals surface area (Å²) in [7, 11) is 1.21. The lowest BCUT2D eigenvalue weighted by Crippen LogP contribution is -2.40. The monoisotopic (exact) mass is 398 g/mol. The van der Waals surface area contributed by atoms with E-state index in [1.54, 1.807) is 0 Å². The molecule has 3 N–H and O–H groups in total. The van der Waals surface area contributed by atoms with Crippen molar-refractivity contribution in [2.24, 2.45) is 17.3 Å². The molecule has 0 bridgehead atoms. The molecule has 1 aliphatic carbocycles. The number of allylic oxidation sites excluding steroid dienone is 2. The molecule has 164 valence electrons. The minimum atomic E-state index is -2.08. The predicted molar refractivity (Wildman–Crippen MR) is 112 cm³/mol. The molecule has 0 aromatic heterocycles. The van der Waals surface area contributed by atoms with E-state index in [4.69, 9.17) is 9.84 Å². The van der Waals surface area contributed by atoms with Crippen LogP contribution in [-0.4, -0.2) is 40.3 Å². The van der Waals surface area contributed by atoms with E-state index in [-0.39, 0.29) is 18.4 Å². The van der Waals surface area contributed by atoms with Crippen LogP contribution in [0.5, 0.6) is 0 Å². The van der Waals surface area contributed by atoms with Gasteiger partial charge < -0.3 is 20.1 Å². The quantitative estimate of drug-likeness (QED) is 0.220. The SMILES string of the molecule is CCCCC(C)(C)CC=C[C@H]1CC[C@H](O)[C@@H]1CCCCCC(O)(OC)C(=O)O. The highest BCUT2D eigenvalue weighted by molar-refractivity contribution is 5.75. The number of unbranched alkanes of at least 4 members (excludes halogenated alkanes) is 3. The number of aliphatic carboxylic acids is 1. The van der Waals surface area contributed by atoms with Gasteiger partial charge in [-0.05, 0) is 55.8 Å². The fraction of sp³-hybridized carbons (Fsp3) is 0.870. The number of aliphatic hydroxyl groups is 2. The van der Waals surface area contributed by atoms with Gasteiger partial charge >= 0.3 is 5.97 Å². The molecule has 0 aromatic carbocycles. The largest absolute Gasteiger partial charge is 0.477 e. The zero-order valence-electron chi connectivity index (χ0n) is 18.3. The van der Waals surface area contributed by atoms with Gasteiger partial charge in [0, 0.05) is 13.5 Å². The molecule has 0 radical (unpaired) electrons. The van der Waals surface area contributed by atoms with Crippen LogP contribution < -0.4 is 0 Å². The second-order valence-corrected chi connectivity index (χ2v) is 9.27. The Balaban J connectivity index is 2.40. The van der Waals surface area contributed by atoms with Gasteiger partial charge in [0.2, 0.25) is 0 Å². The molecule has 5 heteroatoms. The predicted octanol–water partition coefficient (Wildman–Crippen LogP) is 4.91. The summed E-state index contributed by atoms with van der Waals surface area (Å²) in [5.41, 5.74) is 0.335. The van der Waals surface area contributed by atoms with E-state index in [9.17, 15) is 15.0 Å². The molecule has 1 unspecified atom stereocenters. The molecular formula is C23H42O5. The molecule has 0 spiro atoms. The summed E-state index contributed by atoms with van der Waals surface area (Å²) in [4.78, 5) is 11.0. The highest BCUT2D eigenvalue weighted by Crippen LogP contribution is 2.37. The van der Waals surface area contributed by atoms with Crippen LogP contribution in [-0.2, 0) is 9.53 Å². The lowest BCUT2D eigenvalue weighted by Gasteiger charge is -2.24. The van der Waals surface area contributed by atoms with Gasteiger partial charge in [0.15, 0.2) is 0 Å². The fourth-order valence-electron chi connectivity index (χ4n) is 4.26. The zero-order valence-corrected chi connectivity index (χ0v) is 18.3. The minimum absolute atomic E-state index is 0.0855. The lowest BCUT2D eigenvalue weighted by molar-refractivity contribution is -0.216. The maximum absolute atomic E-state index is 11.0. The van der Waals surface area contributed by atoms with Gasteiger partial charge in [-0.3, -0.25) is 0 Å². The van der Waals surface area contributed by atoms with E-state index >= 15 is 0 Å². The van der Waals surface area contributed by atoms with Crippen molar-refractivity contribution in [2.75, 3.05) is 7.11 Å². The normalized spacial score (nSPS) is 25.3. The number of hydrogen-bond donors (Lipinski definition) is 3. The number of methoxy groups -OCH3 is 1. The van der Waals surface area contributed by atoms with Crippen molar-refractivity contribution in [1.82, 2.24) is 0 Å². The van der Waals surface area contributed by atoms with Gasteiger partial charge in [-0.15, -0.1) is 0 Å². The summed E-state index contributed by atoms with van der Waals surface area (Å²) in [6.45, 7) is 6.88. The number of carbonyl (C=O) groups is 1. The van der Waals surface area contributed by atoms with Crippen LogP contribution in [0.1, 0.15) is 91.4 Å². The van der Waals surface area contributed by atoms with Crippen LogP contribution in [0.15, 0.2) is 12.2 Å². The summed E-state index contributed by atoms with van der Waals surface area (Å²) in [5.74, 6) is -2.70. The van der Waals surface area contributed by atoms with Crippen molar-refractivity contribution < 1.29 is 24.9 Å². The lowest BCUT2D eigenvalue weighted by atomic mass is 9.82. The molecule has 5 nitrogen and oxygen atoms in total. The van der Waals surface area contributed by atoms with Gasteiger partial charge in [-0.2, -0.15) is 0 Å². The smallest absolute Gasteiger partial charge is 0.364 e.